The fourth-order valence-corrected chi connectivity index (χ4v) is 2.82. The smallest absolute Gasteiger partial charge is 0.310 e. The predicted octanol–water partition coefficient (Wildman–Crippen LogP) is 2.56. The van der Waals surface area contributed by atoms with Crippen molar-refractivity contribution in [3.8, 4) is 5.75 Å². The van der Waals surface area contributed by atoms with Crippen molar-refractivity contribution in [3.05, 3.63) is 46.5 Å². The number of nitrogens with zero attached hydrogens (tertiary/aromatic N) is 1. The van der Waals surface area contributed by atoms with Crippen molar-refractivity contribution in [1.82, 2.24) is 0 Å². The summed E-state index contributed by atoms with van der Waals surface area (Å²) < 4.78 is 16.6. The minimum Gasteiger partial charge on any atom is -0.490 e. The maximum absolute atomic E-state index is 11.7. The number of hydrogen-bond donors (Lipinski definition) is 1. The minimum absolute atomic E-state index is 0.00625. The van der Waals surface area contributed by atoms with E-state index in [1.54, 1.807) is 0 Å². The number of rotatable bonds is 6. The summed E-state index contributed by atoms with van der Waals surface area (Å²) in [5.41, 5.74) is 0.350. The van der Waals surface area contributed by atoms with Crippen molar-refractivity contribution >= 4 is 13.1 Å². The molecule has 0 aromatic heterocycles. The van der Waals surface area contributed by atoms with Gasteiger partial charge < -0.3 is 9.63 Å². The fraction of sp³-hybridized carbons (Fsp3) is 0.273. The summed E-state index contributed by atoms with van der Waals surface area (Å²) in [6.45, 7) is 3.41. The molecule has 0 spiro atoms. The summed E-state index contributed by atoms with van der Waals surface area (Å²) >= 11 is 0. The molecule has 0 saturated carbocycles. The number of ether oxygens (including phenoxy) is 1. The van der Waals surface area contributed by atoms with E-state index in [9.17, 15) is 19.6 Å². The summed E-state index contributed by atoms with van der Waals surface area (Å²) in [4.78, 5) is 19.7. The molecular formula is C11H14NO5P. The molecule has 0 aliphatic rings. The number of nitro groups is 1. The average Bonchev–Trinajstić information content (AvgIpc) is 2.27. The molecule has 0 saturated heterocycles. The molecule has 1 N–H and O–H groups in total. The quantitative estimate of drug-likeness (QED) is 0.371. The van der Waals surface area contributed by atoms with Crippen molar-refractivity contribution in [2.24, 2.45) is 0 Å². The van der Waals surface area contributed by atoms with Crippen LogP contribution in [0.2, 0.25) is 0 Å². The molecule has 1 aromatic rings. The molecular weight excluding hydrogens is 257 g/mol. The molecule has 0 fully saturated rings. The number of hydrogen-bond acceptors (Lipinski definition) is 4. The van der Waals surface area contributed by atoms with Gasteiger partial charge in [0.2, 0.25) is 7.37 Å². The van der Waals surface area contributed by atoms with E-state index in [4.69, 9.17) is 4.74 Å². The zero-order chi connectivity index (χ0) is 13.8. The number of allylic oxidation sites excluding steroid dienone is 1. The molecule has 0 aliphatic carbocycles. The second-order valence-corrected chi connectivity index (χ2v) is 6.11. The number of benzene rings is 1. The van der Waals surface area contributed by atoms with Crippen LogP contribution in [0.3, 0.4) is 0 Å². The van der Waals surface area contributed by atoms with Gasteiger partial charge in [-0.15, -0.1) is 6.58 Å². The van der Waals surface area contributed by atoms with Crippen molar-refractivity contribution in [2.45, 2.75) is 6.16 Å². The van der Waals surface area contributed by atoms with Crippen LogP contribution in [0.5, 0.6) is 5.75 Å². The molecule has 1 atom stereocenters. The fourth-order valence-electron chi connectivity index (χ4n) is 1.52. The van der Waals surface area contributed by atoms with Crippen LogP contribution in [0.4, 0.5) is 5.69 Å². The molecule has 18 heavy (non-hydrogen) atoms. The SMILES string of the molecule is C=CCP(=O)(O)Cc1ccc([N+](=O)[O-])c(OC)c1. The van der Waals surface area contributed by atoms with E-state index in [0.717, 1.165) is 0 Å². The molecule has 98 valence electrons. The molecule has 0 amide bonds. The van der Waals surface area contributed by atoms with Gasteiger partial charge in [0.1, 0.15) is 0 Å². The predicted molar refractivity (Wildman–Crippen MR) is 68.2 cm³/mol. The third-order valence-corrected chi connectivity index (χ3v) is 3.97. The first-order valence-electron chi connectivity index (χ1n) is 5.12. The summed E-state index contributed by atoms with van der Waals surface area (Å²) in [5, 5.41) is 10.7. The highest BCUT2D eigenvalue weighted by molar-refractivity contribution is 7.57. The maximum atomic E-state index is 11.7. The summed E-state index contributed by atoms with van der Waals surface area (Å²) in [6, 6.07) is 4.12. The monoisotopic (exact) mass is 271 g/mol. The van der Waals surface area contributed by atoms with Crippen molar-refractivity contribution in [2.75, 3.05) is 13.3 Å². The Morgan fingerprint density at radius 3 is 2.78 bits per heavy atom. The van der Waals surface area contributed by atoms with Crippen LogP contribution in [0.25, 0.3) is 0 Å². The van der Waals surface area contributed by atoms with Gasteiger partial charge in [-0.3, -0.25) is 14.7 Å². The molecule has 6 nitrogen and oxygen atoms in total. The van der Waals surface area contributed by atoms with Crippen molar-refractivity contribution in [3.63, 3.8) is 0 Å². The lowest BCUT2D eigenvalue weighted by atomic mass is 10.2. The lowest BCUT2D eigenvalue weighted by Gasteiger charge is -2.10. The van der Waals surface area contributed by atoms with E-state index in [2.05, 4.69) is 6.58 Å². The first-order valence-corrected chi connectivity index (χ1v) is 7.15. The van der Waals surface area contributed by atoms with Gasteiger partial charge in [0.25, 0.3) is 0 Å². The Kier molecular flexibility index (Phi) is 4.64. The first kappa shape index (κ1) is 14.4. The number of nitro benzene ring substituents is 1. The molecule has 1 unspecified atom stereocenters. The van der Waals surface area contributed by atoms with E-state index >= 15 is 0 Å². The molecule has 0 heterocycles. The lowest BCUT2D eigenvalue weighted by Crippen LogP contribution is -1.96. The third-order valence-electron chi connectivity index (χ3n) is 2.28. The van der Waals surface area contributed by atoms with Gasteiger partial charge in [-0.25, -0.2) is 0 Å². The van der Waals surface area contributed by atoms with Gasteiger partial charge in [0.05, 0.1) is 18.2 Å². The van der Waals surface area contributed by atoms with Crippen LogP contribution in [0, 0.1) is 10.1 Å². The molecule has 0 radical (unpaired) electrons. The van der Waals surface area contributed by atoms with E-state index in [1.165, 1.54) is 31.4 Å². The van der Waals surface area contributed by atoms with Crippen molar-refractivity contribution in [1.29, 1.82) is 0 Å². The van der Waals surface area contributed by atoms with Crippen LogP contribution in [0.1, 0.15) is 5.56 Å². The summed E-state index contributed by atoms with van der Waals surface area (Å²) in [6.07, 6.45) is 1.32. The molecule has 7 heteroatoms. The van der Waals surface area contributed by atoms with Gasteiger partial charge in [-0.1, -0.05) is 12.1 Å². The highest BCUT2D eigenvalue weighted by Crippen LogP contribution is 2.45. The van der Waals surface area contributed by atoms with E-state index in [-0.39, 0.29) is 23.8 Å². The first-order chi connectivity index (χ1) is 8.39. The zero-order valence-corrected chi connectivity index (χ0v) is 10.8. The van der Waals surface area contributed by atoms with Gasteiger partial charge in [-0.2, -0.15) is 0 Å². The summed E-state index contributed by atoms with van der Waals surface area (Å²) in [7, 11) is -2.01. The topological polar surface area (TPSA) is 89.7 Å². The zero-order valence-electron chi connectivity index (χ0n) is 9.91. The normalized spacial score (nSPS) is 13.7. The van der Waals surface area contributed by atoms with Crippen LogP contribution in [-0.4, -0.2) is 23.1 Å². The van der Waals surface area contributed by atoms with E-state index in [0.29, 0.717) is 5.56 Å². The second kappa shape index (κ2) is 5.80. The standard InChI is InChI=1S/C11H14NO5P/c1-3-6-18(15,16)8-9-4-5-10(12(13)14)11(7-9)17-2/h3-5,7H,1,6,8H2,2H3,(H,15,16). The van der Waals surface area contributed by atoms with Crippen LogP contribution in [-0.2, 0) is 10.7 Å². The van der Waals surface area contributed by atoms with E-state index < -0.39 is 12.3 Å². The Hall–Kier alpha value is -1.65. The highest BCUT2D eigenvalue weighted by atomic mass is 31.2. The highest BCUT2D eigenvalue weighted by Gasteiger charge is 2.20. The molecule has 1 aromatic carbocycles. The minimum atomic E-state index is -3.33. The summed E-state index contributed by atoms with van der Waals surface area (Å²) in [5.74, 6) is 0.0797. The third kappa shape index (κ3) is 3.68. The van der Waals surface area contributed by atoms with Gasteiger partial charge in [-0.05, 0) is 11.6 Å². The molecule has 0 aliphatic heterocycles. The maximum Gasteiger partial charge on any atom is 0.310 e. The van der Waals surface area contributed by atoms with Crippen LogP contribution < -0.4 is 4.74 Å². The Labute approximate surface area is 105 Å². The average molecular weight is 271 g/mol. The van der Waals surface area contributed by atoms with Crippen LogP contribution >= 0.6 is 7.37 Å². The Bertz CT molecular complexity index is 514. The number of methoxy groups -OCH3 is 1. The van der Waals surface area contributed by atoms with Gasteiger partial charge >= 0.3 is 5.69 Å². The Balaban J connectivity index is 3.03. The largest absolute Gasteiger partial charge is 0.490 e. The molecule has 0 bridgehead atoms. The Morgan fingerprint density at radius 1 is 1.61 bits per heavy atom. The molecule has 1 rings (SSSR count). The van der Waals surface area contributed by atoms with Crippen molar-refractivity contribution < 1.29 is 19.1 Å². The van der Waals surface area contributed by atoms with Gasteiger partial charge in [0.15, 0.2) is 5.75 Å². The van der Waals surface area contributed by atoms with Crippen LogP contribution in [0.15, 0.2) is 30.9 Å². The van der Waals surface area contributed by atoms with Gasteiger partial charge in [0, 0.05) is 12.2 Å². The Morgan fingerprint density at radius 2 is 2.28 bits per heavy atom. The second-order valence-electron chi connectivity index (χ2n) is 3.74. The lowest BCUT2D eigenvalue weighted by molar-refractivity contribution is -0.385. The van der Waals surface area contributed by atoms with E-state index in [1.807, 2.05) is 0 Å².